The number of methoxy groups -OCH3 is 2. The van der Waals surface area contributed by atoms with E-state index in [1.54, 1.807) is 24.3 Å². The van der Waals surface area contributed by atoms with Crippen molar-refractivity contribution < 1.29 is 23.8 Å². The first-order valence-electron chi connectivity index (χ1n) is 5.70. The van der Waals surface area contributed by atoms with E-state index in [4.69, 9.17) is 9.47 Å². The van der Waals surface area contributed by atoms with Crippen molar-refractivity contribution in [3.8, 4) is 5.75 Å². The van der Waals surface area contributed by atoms with Gasteiger partial charge in [-0.25, -0.2) is 4.79 Å². The molecule has 1 amide bonds. The standard InChI is InChI=1S/C13H17NO5/c1-9(19-12(15)8-17-2)13(16)14-10-6-4-5-7-11(10)18-3/h4-7,9H,8H2,1-3H3,(H,14,16)/t9-/m1/s1. The molecule has 0 aromatic heterocycles. The highest BCUT2D eigenvalue weighted by Gasteiger charge is 2.18. The van der Waals surface area contributed by atoms with Crippen molar-refractivity contribution in [3.05, 3.63) is 24.3 Å². The molecule has 0 spiro atoms. The van der Waals surface area contributed by atoms with Gasteiger partial charge in [-0.3, -0.25) is 4.79 Å². The van der Waals surface area contributed by atoms with Crippen LogP contribution in [0.2, 0.25) is 0 Å². The zero-order chi connectivity index (χ0) is 14.3. The summed E-state index contributed by atoms with van der Waals surface area (Å²) in [6, 6.07) is 6.97. The molecular formula is C13H17NO5. The van der Waals surface area contributed by atoms with Gasteiger partial charge >= 0.3 is 5.97 Å². The molecule has 0 saturated heterocycles. The predicted octanol–water partition coefficient (Wildman–Crippen LogP) is 1.21. The van der Waals surface area contributed by atoms with E-state index in [1.165, 1.54) is 21.1 Å². The van der Waals surface area contributed by atoms with Crippen LogP contribution in [0.25, 0.3) is 0 Å². The van der Waals surface area contributed by atoms with Crippen LogP contribution >= 0.6 is 0 Å². The molecule has 6 nitrogen and oxygen atoms in total. The van der Waals surface area contributed by atoms with Crippen molar-refractivity contribution >= 4 is 17.6 Å². The Kier molecular flexibility index (Phi) is 5.81. The second kappa shape index (κ2) is 7.38. The molecule has 0 saturated carbocycles. The molecule has 1 aromatic carbocycles. The van der Waals surface area contributed by atoms with Crippen LogP contribution in [-0.2, 0) is 19.1 Å². The fraction of sp³-hybridized carbons (Fsp3) is 0.385. The summed E-state index contributed by atoms with van der Waals surface area (Å²) in [5, 5.41) is 2.63. The number of nitrogens with one attached hydrogen (secondary N) is 1. The summed E-state index contributed by atoms with van der Waals surface area (Å²) in [7, 11) is 2.88. The van der Waals surface area contributed by atoms with Gasteiger partial charge in [-0.15, -0.1) is 0 Å². The van der Waals surface area contributed by atoms with Crippen LogP contribution in [-0.4, -0.2) is 38.8 Å². The first kappa shape index (κ1) is 15.0. The van der Waals surface area contributed by atoms with Crippen LogP contribution in [0.3, 0.4) is 0 Å². The number of rotatable bonds is 6. The number of amides is 1. The van der Waals surface area contributed by atoms with Crippen molar-refractivity contribution in [2.24, 2.45) is 0 Å². The molecule has 1 rings (SSSR count). The highest BCUT2D eigenvalue weighted by molar-refractivity contribution is 5.96. The molecule has 6 heteroatoms. The summed E-state index contributed by atoms with van der Waals surface area (Å²) in [6.45, 7) is 1.30. The first-order chi connectivity index (χ1) is 9.08. The molecule has 0 aliphatic carbocycles. The molecule has 104 valence electrons. The number of hydrogen-bond acceptors (Lipinski definition) is 5. The summed E-state index contributed by atoms with van der Waals surface area (Å²) in [5.74, 6) is -0.495. The largest absolute Gasteiger partial charge is 0.495 e. The maximum absolute atomic E-state index is 11.8. The van der Waals surface area contributed by atoms with Crippen molar-refractivity contribution in [1.29, 1.82) is 0 Å². The molecular weight excluding hydrogens is 250 g/mol. The van der Waals surface area contributed by atoms with E-state index >= 15 is 0 Å². The summed E-state index contributed by atoms with van der Waals surface area (Å²) >= 11 is 0. The van der Waals surface area contributed by atoms with Crippen LogP contribution < -0.4 is 10.1 Å². The molecule has 19 heavy (non-hydrogen) atoms. The number of esters is 1. The van der Waals surface area contributed by atoms with Gasteiger partial charge in [0.15, 0.2) is 6.10 Å². The summed E-state index contributed by atoms with van der Waals surface area (Å²) < 4.78 is 14.6. The maximum Gasteiger partial charge on any atom is 0.332 e. The zero-order valence-corrected chi connectivity index (χ0v) is 11.1. The topological polar surface area (TPSA) is 73.9 Å². The molecule has 1 N–H and O–H groups in total. The predicted molar refractivity (Wildman–Crippen MR) is 69.1 cm³/mol. The van der Waals surface area contributed by atoms with Crippen molar-refractivity contribution in [1.82, 2.24) is 0 Å². The van der Waals surface area contributed by atoms with Gasteiger partial charge in [-0.05, 0) is 19.1 Å². The smallest absolute Gasteiger partial charge is 0.332 e. The number of para-hydroxylation sites is 2. The summed E-state index contributed by atoms with van der Waals surface area (Å²) in [5.41, 5.74) is 0.518. The molecule has 1 aromatic rings. The first-order valence-corrected chi connectivity index (χ1v) is 5.70. The number of ether oxygens (including phenoxy) is 3. The van der Waals surface area contributed by atoms with Gasteiger partial charge in [0.1, 0.15) is 12.4 Å². The number of carbonyl (C=O) groups is 2. The van der Waals surface area contributed by atoms with E-state index in [2.05, 4.69) is 10.1 Å². The molecule has 0 aliphatic rings. The average molecular weight is 267 g/mol. The Morgan fingerprint density at radius 3 is 2.58 bits per heavy atom. The van der Waals surface area contributed by atoms with Crippen LogP contribution in [0.4, 0.5) is 5.69 Å². The van der Waals surface area contributed by atoms with E-state index < -0.39 is 18.0 Å². The van der Waals surface area contributed by atoms with Gasteiger partial charge in [0.25, 0.3) is 5.91 Å². The van der Waals surface area contributed by atoms with Crippen LogP contribution in [0, 0.1) is 0 Å². The Hall–Kier alpha value is -2.08. The minimum absolute atomic E-state index is 0.188. The Bertz CT molecular complexity index is 446. The van der Waals surface area contributed by atoms with Crippen LogP contribution in [0.1, 0.15) is 6.92 Å². The van der Waals surface area contributed by atoms with E-state index in [1.807, 2.05) is 0 Å². The Labute approximate surface area is 111 Å². The normalized spacial score (nSPS) is 11.5. The van der Waals surface area contributed by atoms with Gasteiger partial charge in [-0.1, -0.05) is 12.1 Å². The molecule has 0 heterocycles. The SMILES string of the molecule is COCC(=O)O[C@H](C)C(=O)Nc1ccccc1OC. The third-order valence-electron chi connectivity index (χ3n) is 2.30. The van der Waals surface area contributed by atoms with Gasteiger partial charge in [0.2, 0.25) is 0 Å². The van der Waals surface area contributed by atoms with E-state index in [0.717, 1.165) is 0 Å². The lowest BCUT2D eigenvalue weighted by Gasteiger charge is -2.14. The summed E-state index contributed by atoms with van der Waals surface area (Å²) in [6.07, 6.45) is -0.910. The van der Waals surface area contributed by atoms with Crippen molar-refractivity contribution in [3.63, 3.8) is 0 Å². The highest BCUT2D eigenvalue weighted by Crippen LogP contribution is 2.23. The van der Waals surface area contributed by atoms with Gasteiger partial charge in [-0.2, -0.15) is 0 Å². The zero-order valence-electron chi connectivity index (χ0n) is 11.1. The van der Waals surface area contributed by atoms with Crippen molar-refractivity contribution in [2.75, 3.05) is 26.1 Å². The monoisotopic (exact) mass is 267 g/mol. The molecule has 0 bridgehead atoms. The minimum Gasteiger partial charge on any atom is -0.495 e. The van der Waals surface area contributed by atoms with E-state index in [9.17, 15) is 9.59 Å². The van der Waals surface area contributed by atoms with Gasteiger partial charge in [0, 0.05) is 7.11 Å². The van der Waals surface area contributed by atoms with Crippen molar-refractivity contribution in [2.45, 2.75) is 13.0 Å². The van der Waals surface area contributed by atoms with E-state index in [0.29, 0.717) is 11.4 Å². The van der Waals surface area contributed by atoms with Crippen LogP contribution in [0.15, 0.2) is 24.3 Å². The fourth-order valence-electron chi connectivity index (χ4n) is 1.38. The van der Waals surface area contributed by atoms with Crippen LogP contribution in [0.5, 0.6) is 5.75 Å². The minimum atomic E-state index is -0.910. The lowest BCUT2D eigenvalue weighted by Crippen LogP contribution is -2.31. The Morgan fingerprint density at radius 1 is 1.26 bits per heavy atom. The third-order valence-corrected chi connectivity index (χ3v) is 2.30. The third kappa shape index (κ3) is 4.59. The second-order valence-corrected chi connectivity index (χ2v) is 3.75. The molecule has 0 aliphatic heterocycles. The van der Waals surface area contributed by atoms with E-state index in [-0.39, 0.29) is 6.61 Å². The fourth-order valence-corrected chi connectivity index (χ4v) is 1.38. The molecule has 0 unspecified atom stereocenters. The Balaban J connectivity index is 2.61. The van der Waals surface area contributed by atoms with Gasteiger partial charge in [0.05, 0.1) is 12.8 Å². The lowest BCUT2D eigenvalue weighted by molar-refractivity contribution is -0.156. The number of hydrogen-bond donors (Lipinski definition) is 1. The second-order valence-electron chi connectivity index (χ2n) is 3.75. The average Bonchev–Trinajstić information content (AvgIpc) is 2.39. The quantitative estimate of drug-likeness (QED) is 0.784. The Morgan fingerprint density at radius 2 is 1.95 bits per heavy atom. The number of anilines is 1. The number of carbonyl (C=O) groups excluding carboxylic acids is 2. The maximum atomic E-state index is 11.8. The summed E-state index contributed by atoms with van der Waals surface area (Å²) in [4.78, 5) is 23.0. The number of benzene rings is 1. The molecule has 0 radical (unpaired) electrons. The van der Waals surface area contributed by atoms with Gasteiger partial charge < -0.3 is 19.5 Å². The molecule has 0 fully saturated rings. The highest BCUT2D eigenvalue weighted by atomic mass is 16.6. The lowest BCUT2D eigenvalue weighted by atomic mass is 10.2. The molecule has 1 atom stereocenters.